The van der Waals surface area contributed by atoms with Gasteiger partial charge in [-0.25, -0.2) is 0 Å². The fourth-order valence-corrected chi connectivity index (χ4v) is 2.69. The average Bonchev–Trinajstić information content (AvgIpc) is 2.38. The fraction of sp³-hybridized carbons (Fsp3) is 0.600. The van der Waals surface area contributed by atoms with E-state index < -0.39 is 0 Å². The highest BCUT2D eigenvalue weighted by molar-refractivity contribution is 5.56. The van der Waals surface area contributed by atoms with Gasteiger partial charge in [0.1, 0.15) is 0 Å². The number of nitrogens with one attached hydrogen (secondary N) is 1. The van der Waals surface area contributed by atoms with Crippen LogP contribution in [-0.2, 0) is 6.42 Å². The van der Waals surface area contributed by atoms with Crippen LogP contribution < -0.4 is 10.2 Å². The zero-order chi connectivity index (χ0) is 13.2. The van der Waals surface area contributed by atoms with Crippen molar-refractivity contribution in [2.45, 2.75) is 25.8 Å². The Balaban J connectivity index is 2.24. The summed E-state index contributed by atoms with van der Waals surface area (Å²) in [5.74, 6) is 0.666. The molecule has 2 N–H and O–H groups in total. The minimum absolute atomic E-state index is 0.149. The van der Waals surface area contributed by atoms with Gasteiger partial charge in [-0.05, 0) is 37.9 Å². The van der Waals surface area contributed by atoms with E-state index in [4.69, 9.17) is 0 Å². The molecule has 2 rings (SSSR count). The van der Waals surface area contributed by atoms with Crippen LogP contribution in [0.15, 0.2) is 24.3 Å². The van der Waals surface area contributed by atoms with E-state index in [2.05, 4.69) is 48.3 Å². The summed E-state index contributed by atoms with van der Waals surface area (Å²) in [5, 5.41) is 12.8. The molecule has 1 heterocycles. The van der Waals surface area contributed by atoms with Crippen molar-refractivity contribution >= 4 is 5.69 Å². The van der Waals surface area contributed by atoms with Crippen LogP contribution in [0.5, 0.6) is 0 Å². The van der Waals surface area contributed by atoms with E-state index in [1.54, 1.807) is 0 Å². The van der Waals surface area contributed by atoms with Crippen molar-refractivity contribution in [1.29, 1.82) is 0 Å². The third-order valence-electron chi connectivity index (χ3n) is 3.93. The van der Waals surface area contributed by atoms with Crippen molar-refractivity contribution in [2.24, 2.45) is 5.92 Å². The molecule has 0 radical (unpaired) electrons. The van der Waals surface area contributed by atoms with Gasteiger partial charge in [-0.1, -0.05) is 25.1 Å². The standard InChI is InChI=1S/C15H24N2O/c1-12-8-13-6-4-5-7-14(13)17(9-12)10-15(2,11-18)16-3/h4-7,12,16,18H,8-11H2,1-3H3. The van der Waals surface area contributed by atoms with E-state index in [0.717, 1.165) is 19.5 Å². The molecular formula is C15H24N2O. The van der Waals surface area contributed by atoms with Gasteiger partial charge in [0.25, 0.3) is 0 Å². The average molecular weight is 248 g/mol. The number of para-hydroxylation sites is 1. The topological polar surface area (TPSA) is 35.5 Å². The molecule has 0 aliphatic carbocycles. The minimum atomic E-state index is -0.246. The molecule has 0 aromatic heterocycles. The molecule has 18 heavy (non-hydrogen) atoms. The second-order valence-corrected chi connectivity index (χ2v) is 5.79. The molecule has 2 unspecified atom stereocenters. The molecule has 3 heteroatoms. The number of aliphatic hydroxyl groups excluding tert-OH is 1. The molecule has 0 amide bonds. The molecule has 0 bridgehead atoms. The number of likely N-dealkylation sites (N-methyl/N-ethyl adjacent to an activating group) is 1. The predicted molar refractivity (Wildman–Crippen MR) is 76.1 cm³/mol. The molecule has 0 saturated heterocycles. The van der Waals surface area contributed by atoms with Gasteiger partial charge >= 0.3 is 0 Å². The van der Waals surface area contributed by atoms with Crippen LogP contribution in [0.25, 0.3) is 0 Å². The number of benzene rings is 1. The largest absolute Gasteiger partial charge is 0.394 e. The van der Waals surface area contributed by atoms with Crippen LogP contribution in [0.4, 0.5) is 5.69 Å². The molecule has 1 aliphatic heterocycles. The van der Waals surface area contributed by atoms with Gasteiger partial charge in [0, 0.05) is 18.8 Å². The Morgan fingerprint density at radius 1 is 1.44 bits per heavy atom. The van der Waals surface area contributed by atoms with Crippen molar-refractivity contribution in [3.8, 4) is 0 Å². The Morgan fingerprint density at radius 2 is 2.17 bits per heavy atom. The van der Waals surface area contributed by atoms with Crippen molar-refractivity contribution in [2.75, 3.05) is 31.6 Å². The summed E-state index contributed by atoms with van der Waals surface area (Å²) in [6.45, 7) is 6.40. The molecule has 100 valence electrons. The maximum atomic E-state index is 9.54. The van der Waals surface area contributed by atoms with Gasteiger partial charge in [0.05, 0.1) is 12.1 Å². The van der Waals surface area contributed by atoms with Gasteiger partial charge in [0.2, 0.25) is 0 Å². The summed E-state index contributed by atoms with van der Waals surface area (Å²) in [6.07, 6.45) is 1.15. The lowest BCUT2D eigenvalue weighted by Gasteiger charge is -2.40. The molecule has 3 nitrogen and oxygen atoms in total. The molecule has 0 spiro atoms. The summed E-state index contributed by atoms with van der Waals surface area (Å²) < 4.78 is 0. The molecule has 1 aliphatic rings. The summed E-state index contributed by atoms with van der Waals surface area (Å²) >= 11 is 0. The van der Waals surface area contributed by atoms with E-state index in [-0.39, 0.29) is 12.1 Å². The van der Waals surface area contributed by atoms with Crippen molar-refractivity contribution in [3.63, 3.8) is 0 Å². The summed E-state index contributed by atoms with van der Waals surface area (Å²) in [5.41, 5.74) is 2.50. The molecule has 1 aromatic rings. The van der Waals surface area contributed by atoms with Gasteiger partial charge < -0.3 is 15.3 Å². The highest BCUT2D eigenvalue weighted by Crippen LogP contribution is 2.30. The molecular weight excluding hydrogens is 224 g/mol. The van der Waals surface area contributed by atoms with Crippen LogP contribution in [0.1, 0.15) is 19.4 Å². The monoisotopic (exact) mass is 248 g/mol. The Bertz CT molecular complexity index is 401. The number of fused-ring (bicyclic) bond motifs is 1. The van der Waals surface area contributed by atoms with E-state index in [1.807, 2.05) is 7.05 Å². The van der Waals surface area contributed by atoms with Crippen molar-refractivity contribution in [1.82, 2.24) is 5.32 Å². The minimum Gasteiger partial charge on any atom is -0.394 e. The smallest absolute Gasteiger partial charge is 0.0627 e. The second kappa shape index (κ2) is 5.29. The second-order valence-electron chi connectivity index (χ2n) is 5.79. The summed E-state index contributed by atoms with van der Waals surface area (Å²) in [6, 6.07) is 8.61. The highest BCUT2D eigenvalue weighted by atomic mass is 16.3. The number of aliphatic hydroxyl groups is 1. The zero-order valence-corrected chi connectivity index (χ0v) is 11.6. The van der Waals surface area contributed by atoms with Crippen LogP contribution in [-0.4, -0.2) is 37.4 Å². The third kappa shape index (κ3) is 2.68. The number of anilines is 1. The Labute approximate surface area is 110 Å². The summed E-state index contributed by atoms with van der Waals surface area (Å²) in [4.78, 5) is 2.40. The van der Waals surface area contributed by atoms with Crippen LogP contribution in [0, 0.1) is 5.92 Å². The first kappa shape index (κ1) is 13.4. The van der Waals surface area contributed by atoms with Gasteiger partial charge in [-0.15, -0.1) is 0 Å². The normalized spacial score (nSPS) is 22.4. The van der Waals surface area contributed by atoms with Crippen LogP contribution >= 0.6 is 0 Å². The Morgan fingerprint density at radius 3 is 2.83 bits per heavy atom. The number of hydrogen-bond acceptors (Lipinski definition) is 3. The summed E-state index contributed by atoms with van der Waals surface area (Å²) in [7, 11) is 1.91. The number of hydrogen-bond donors (Lipinski definition) is 2. The Hall–Kier alpha value is -1.06. The lowest BCUT2D eigenvalue weighted by atomic mass is 9.92. The van der Waals surface area contributed by atoms with Crippen LogP contribution in [0.3, 0.4) is 0 Å². The molecule has 0 saturated carbocycles. The molecule has 1 aromatic carbocycles. The van der Waals surface area contributed by atoms with Crippen molar-refractivity contribution in [3.05, 3.63) is 29.8 Å². The number of rotatable bonds is 4. The third-order valence-corrected chi connectivity index (χ3v) is 3.93. The zero-order valence-electron chi connectivity index (χ0n) is 11.6. The predicted octanol–water partition coefficient (Wildman–Crippen LogP) is 1.66. The van der Waals surface area contributed by atoms with Gasteiger partial charge in [0.15, 0.2) is 0 Å². The lowest BCUT2D eigenvalue weighted by molar-refractivity contribution is 0.184. The Kier molecular flexibility index (Phi) is 3.93. The van der Waals surface area contributed by atoms with Crippen molar-refractivity contribution < 1.29 is 5.11 Å². The van der Waals surface area contributed by atoms with E-state index >= 15 is 0 Å². The molecule has 2 atom stereocenters. The lowest BCUT2D eigenvalue weighted by Crippen LogP contribution is -2.54. The van der Waals surface area contributed by atoms with Crippen LogP contribution in [0.2, 0.25) is 0 Å². The SMILES string of the molecule is CNC(C)(CO)CN1CC(C)Cc2ccccc21. The quantitative estimate of drug-likeness (QED) is 0.850. The molecule has 0 fully saturated rings. The first-order valence-electron chi connectivity index (χ1n) is 6.70. The van der Waals surface area contributed by atoms with E-state index in [1.165, 1.54) is 11.3 Å². The highest BCUT2D eigenvalue weighted by Gasteiger charge is 2.28. The maximum Gasteiger partial charge on any atom is 0.0627 e. The first-order valence-corrected chi connectivity index (χ1v) is 6.70. The maximum absolute atomic E-state index is 9.54. The van der Waals surface area contributed by atoms with Gasteiger partial charge in [-0.2, -0.15) is 0 Å². The van der Waals surface area contributed by atoms with E-state index in [9.17, 15) is 5.11 Å². The van der Waals surface area contributed by atoms with Gasteiger partial charge in [-0.3, -0.25) is 0 Å². The fourth-order valence-electron chi connectivity index (χ4n) is 2.69. The number of nitrogens with zero attached hydrogens (tertiary/aromatic N) is 1. The first-order chi connectivity index (χ1) is 8.58. The van der Waals surface area contributed by atoms with E-state index in [0.29, 0.717) is 5.92 Å².